The molecule has 0 bridgehead atoms. The van der Waals surface area contributed by atoms with Crippen LogP contribution in [0.3, 0.4) is 0 Å². The van der Waals surface area contributed by atoms with Crippen molar-refractivity contribution >= 4 is 27.6 Å². The molecule has 1 amide bonds. The lowest BCUT2D eigenvalue weighted by Gasteiger charge is -2.26. The number of amides is 1. The van der Waals surface area contributed by atoms with Crippen molar-refractivity contribution < 1.29 is 22.3 Å². The zero-order valence-corrected chi connectivity index (χ0v) is 19.0. The summed E-state index contributed by atoms with van der Waals surface area (Å²) in [5, 5.41) is 0. The fourth-order valence-corrected chi connectivity index (χ4v) is 5.10. The lowest BCUT2D eigenvalue weighted by Crippen LogP contribution is -2.37. The zero-order valence-electron chi connectivity index (χ0n) is 18.1. The lowest BCUT2D eigenvalue weighted by atomic mass is 10.2. The van der Waals surface area contributed by atoms with E-state index in [1.54, 1.807) is 23.2 Å². The van der Waals surface area contributed by atoms with Gasteiger partial charge in [0.2, 0.25) is 5.95 Å². The van der Waals surface area contributed by atoms with Crippen molar-refractivity contribution in [3.05, 3.63) is 77.4 Å². The first kappa shape index (κ1) is 22.2. The molecule has 1 aromatic heterocycles. The fourth-order valence-electron chi connectivity index (χ4n) is 3.97. The molecule has 3 heterocycles. The van der Waals surface area contributed by atoms with Gasteiger partial charge in [0.15, 0.2) is 0 Å². The second-order valence-corrected chi connectivity index (χ2v) is 9.67. The van der Waals surface area contributed by atoms with Crippen LogP contribution in [0, 0.1) is 5.82 Å². The maximum absolute atomic E-state index is 14.0. The first-order valence-corrected chi connectivity index (χ1v) is 12.2. The molecule has 0 unspecified atom stereocenters. The van der Waals surface area contributed by atoms with Crippen molar-refractivity contribution in [1.29, 1.82) is 0 Å². The van der Waals surface area contributed by atoms with Crippen molar-refractivity contribution in [2.45, 2.75) is 18.0 Å². The summed E-state index contributed by atoms with van der Waals surface area (Å²) in [7, 11) is -4.15. The summed E-state index contributed by atoms with van der Waals surface area (Å²) >= 11 is 0. The van der Waals surface area contributed by atoms with Crippen molar-refractivity contribution in [2.75, 3.05) is 35.9 Å². The number of morpholine rings is 1. The summed E-state index contributed by atoms with van der Waals surface area (Å²) in [6, 6.07) is 11.2. The number of rotatable bonds is 5. The SMILES string of the molecule is O=C(c1cccc(NS(=O)(=O)c2ccccc2F)c1)N1Cc2cnc(N3CCOCC3)nc2C1. The van der Waals surface area contributed by atoms with Crippen LogP contribution in [0.4, 0.5) is 16.0 Å². The highest BCUT2D eigenvalue weighted by Gasteiger charge is 2.28. The minimum absolute atomic E-state index is 0.167. The van der Waals surface area contributed by atoms with Gasteiger partial charge in [-0.05, 0) is 30.3 Å². The molecule has 2 aliphatic rings. The van der Waals surface area contributed by atoms with Crippen molar-refractivity contribution in [3.63, 3.8) is 0 Å². The van der Waals surface area contributed by atoms with Gasteiger partial charge in [0.1, 0.15) is 10.7 Å². The topological polar surface area (TPSA) is 105 Å². The number of hydrogen-bond donors (Lipinski definition) is 1. The van der Waals surface area contributed by atoms with Gasteiger partial charge in [-0.25, -0.2) is 22.8 Å². The Morgan fingerprint density at radius 2 is 1.85 bits per heavy atom. The molecular weight excluding hydrogens is 461 g/mol. The Kier molecular flexibility index (Phi) is 5.88. The van der Waals surface area contributed by atoms with Gasteiger partial charge >= 0.3 is 0 Å². The number of nitrogens with zero attached hydrogens (tertiary/aromatic N) is 4. The molecule has 2 aromatic carbocycles. The average Bonchev–Trinajstić information content (AvgIpc) is 3.27. The molecule has 11 heteroatoms. The second kappa shape index (κ2) is 8.99. The molecule has 9 nitrogen and oxygen atoms in total. The molecule has 1 saturated heterocycles. The number of sulfonamides is 1. The van der Waals surface area contributed by atoms with Gasteiger partial charge in [-0.2, -0.15) is 0 Å². The normalized spacial score (nSPS) is 15.8. The molecule has 0 atom stereocenters. The van der Waals surface area contributed by atoms with E-state index in [1.807, 2.05) is 0 Å². The summed E-state index contributed by atoms with van der Waals surface area (Å²) in [6.07, 6.45) is 1.75. The van der Waals surface area contributed by atoms with Crippen LogP contribution >= 0.6 is 0 Å². The lowest BCUT2D eigenvalue weighted by molar-refractivity contribution is 0.0750. The molecule has 1 fully saturated rings. The third-order valence-corrected chi connectivity index (χ3v) is 7.13. The van der Waals surface area contributed by atoms with E-state index in [1.165, 1.54) is 30.3 Å². The third-order valence-electron chi connectivity index (χ3n) is 5.71. The Balaban J connectivity index is 1.31. The summed E-state index contributed by atoms with van der Waals surface area (Å²) < 4.78 is 46.9. The monoisotopic (exact) mass is 483 g/mol. The van der Waals surface area contributed by atoms with Crippen molar-refractivity contribution in [1.82, 2.24) is 14.9 Å². The van der Waals surface area contributed by atoms with Crippen LogP contribution in [-0.2, 0) is 27.8 Å². The Morgan fingerprint density at radius 1 is 1.06 bits per heavy atom. The quantitative estimate of drug-likeness (QED) is 0.594. The van der Waals surface area contributed by atoms with Crippen LogP contribution in [-0.4, -0.2) is 55.5 Å². The smallest absolute Gasteiger partial charge is 0.264 e. The number of aromatic nitrogens is 2. The van der Waals surface area contributed by atoms with E-state index in [9.17, 15) is 17.6 Å². The van der Waals surface area contributed by atoms with Gasteiger partial charge < -0.3 is 14.5 Å². The molecule has 5 rings (SSSR count). The number of benzene rings is 2. The molecule has 1 N–H and O–H groups in total. The molecular formula is C23H22FN5O4S. The molecule has 176 valence electrons. The molecule has 0 aliphatic carbocycles. The maximum atomic E-state index is 14.0. The number of hydrogen-bond acceptors (Lipinski definition) is 7. The van der Waals surface area contributed by atoms with Crippen LogP contribution < -0.4 is 9.62 Å². The summed E-state index contributed by atoms with van der Waals surface area (Å²) in [5.74, 6) is -0.492. The first-order valence-electron chi connectivity index (χ1n) is 10.7. The predicted molar refractivity (Wildman–Crippen MR) is 122 cm³/mol. The van der Waals surface area contributed by atoms with E-state index in [0.717, 1.165) is 30.4 Å². The molecule has 0 spiro atoms. The summed E-state index contributed by atoms with van der Waals surface area (Å²) in [6.45, 7) is 3.39. The fraction of sp³-hybridized carbons (Fsp3) is 0.261. The van der Waals surface area contributed by atoms with Crippen molar-refractivity contribution in [2.24, 2.45) is 0 Å². The van der Waals surface area contributed by atoms with Crippen LogP contribution in [0.15, 0.2) is 59.6 Å². The van der Waals surface area contributed by atoms with E-state index in [2.05, 4.69) is 19.6 Å². The molecule has 3 aromatic rings. The van der Waals surface area contributed by atoms with E-state index >= 15 is 0 Å². The van der Waals surface area contributed by atoms with Crippen LogP contribution in [0.25, 0.3) is 0 Å². The van der Waals surface area contributed by atoms with Crippen LogP contribution in [0.1, 0.15) is 21.6 Å². The first-order chi connectivity index (χ1) is 16.4. The van der Waals surface area contributed by atoms with E-state index in [4.69, 9.17) is 4.74 Å². The number of carbonyl (C=O) groups is 1. The van der Waals surface area contributed by atoms with E-state index in [0.29, 0.717) is 37.8 Å². The highest BCUT2D eigenvalue weighted by Crippen LogP contribution is 2.26. The summed E-state index contributed by atoms with van der Waals surface area (Å²) in [4.78, 5) is 25.5. The number of anilines is 2. The number of carbonyl (C=O) groups excluding carboxylic acids is 1. The van der Waals surface area contributed by atoms with Gasteiger partial charge in [0.25, 0.3) is 15.9 Å². The van der Waals surface area contributed by atoms with E-state index < -0.39 is 20.7 Å². The number of nitrogens with one attached hydrogen (secondary N) is 1. The predicted octanol–water partition coefficient (Wildman–Crippen LogP) is 2.41. The Bertz CT molecular complexity index is 1340. The Morgan fingerprint density at radius 3 is 2.65 bits per heavy atom. The van der Waals surface area contributed by atoms with Gasteiger partial charge in [0.05, 0.1) is 25.5 Å². The largest absolute Gasteiger partial charge is 0.378 e. The Labute approximate surface area is 196 Å². The van der Waals surface area contributed by atoms with Crippen molar-refractivity contribution in [3.8, 4) is 0 Å². The second-order valence-electron chi connectivity index (χ2n) is 8.02. The third kappa shape index (κ3) is 4.44. The summed E-state index contributed by atoms with van der Waals surface area (Å²) in [5.41, 5.74) is 2.14. The highest BCUT2D eigenvalue weighted by atomic mass is 32.2. The standard InChI is InChI=1S/C23H22FN5O4S/c24-19-6-1-2-7-21(19)34(31,32)27-18-5-3-4-16(12-18)22(30)29-14-17-13-25-23(26-20(17)15-29)28-8-10-33-11-9-28/h1-7,12-13,27H,8-11,14-15H2. The average molecular weight is 484 g/mol. The molecule has 0 saturated carbocycles. The highest BCUT2D eigenvalue weighted by molar-refractivity contribution is 7.92. The molecule has 2 aliphatic heterocycles. The van der Waals surface area contributed by atoms with Gasteiger partial charge in [-0.1, -0.05) is 18.2 Å². The van der Waals surface area contributed by atoms with Gasteiger partial charge in [0, 0.05) is 42.6 Å². The number of halogens is 1. The maximum Gasteiger partial charge on any atom is 0.264 e. The van der Waals surface area contributed by atoms with Gasteiger partial charge in [-0.15, -0.1) is 0 Å². The Hall–Kier alpha value is -3.57. The van der Waals surface area contributed by atoms with E-state index in [-0.39, 0.29) is 11.6 Å². The minimum Gasteiger partial charge on any atom is -0.378 e. The minimum atomic E-state index is -4.15. The number of ether oxygens (including phenoxy) is 1. The van der Waals surface area contributed by atoms with Crippen LogP contribution in [0.2, 0.25) is 0 Å². The zero-order chi connectivity index (χ0) is 23.7. The number of fused-ring (bicyclic) bond motifs is 1. The molecule has 0 radical (unpaired) electrons. The molecule has 34 heavy (non-hydrogen) atoms. The van der Waals surface area contributed by atoms with Crippen LogP contribution in [0.5, 0.6) is 0 Å². The van der Waals surface area contributed by atoms with Gasteiger partial charge in [-0.3, -0.25) is 9.52 Å².